The molecule has 5 aromatic rings. The molecule has 0 amide bonds. The van der Waals surface area contributed by atoms with Gasteiger partial charge in [-0.2, -0.15) is 0 Å². The van der Waals surface area contributed by atoms with Crippen LogP contribution in [0.15, 0.2) is 91.0 Å². The van der Waals surface area contributed by atoms with Gasteiger partial charge in [-0.05, 0) is 28.3 Å². The summed E-state index contributed by atoms with van der Waals surface area (Å²) in [6.45, 7) is 0. The molecule has 0 atom stereocenters. The Kier molecular flexibility index (Phi) is 3.65. The van der Waals surface area contributed by atoms with Gasteiger partial charge in [0.1, 0.15) is 7.85 Å². The Balaban J connectivity index is 1.64. The summed E-state index contributed by atoms with van der Waals surface area (Å²) in [5.41, 5.74) is 6.43. The van der Waals surface area contributed by atoms with E-state index in [0.29, 0.717) is 0 Å². The molecule has 26 heavy (non-hydrogen) atoms. The van der Waals surface area contributed by atoms with E-state index in [1.807, 2.05) is 11.3 Å². The Labute approximate surface area is 158 Å². The predicted molar refractivity (Wildman–Crippen MR) is 118 cm³/mol. The van der Waals surface area contributed by atoms with Crippen LogP contribution in [0.1, 0.15) is 0 Å². The van der Waals surface area contributed by atoms with Crippen LogP contribution in [0.4, 0.5) is 0 Å². The summed E-state index contributed by atoms with van der Waals surface area (Å²) in [5, 5.41) is 2.71. The normalized spacial score (nSPS) is 11.2. The second-order valence-electron chi connectivity index (χ2n) is 6.73. The van der Waals surface area contributed by atoms with Crippen LogP contribution in [-0.4, -0.2) is 7.85 Å². The molecule has 0 N–H and O–H groups in total. The molecule has 0 bridgehead atoms. The van der Waals surface area contributed by atoms with E-state index < -0.39 is 0 Å². The summed E-state index contributed by atoms with van der Waals surface area (Å²) in [5.74, 6) is 0. The monoisotopic (exact) mass is 348 g/mol. The first kappa shape index (κ1) is 15.4. The van der Waals surface area contributed by atoms with Gasteiger partial charge in [0.25, 0.3) is 0 Å². The zero-order valence-corrected chi connectivity index (χ0v) is 15.4. The van der Waals surface area contributed by atoms with Crippen LogP contribution in [0.25, 0.3) is 42.4 Å². The lowest BCUT2D eigenvalue weighted by atomic mass is 9.92. The summed E-state index contributed by atoms with van der Waals surface area (Å²) in [6.07, 6.45) is 0. The number of hydrogen-bond donors (Lipinski definition) is 0. The Morgan fingerprint density at radius 3 is 2.15 bits per heavy atom. The van der Waals surface area contributed by atoms with Crippen LogP contribution in [0.5, 0.6) is 0 Å². The molecule has 0 aliphatic carbocycles. The minimum Gasteiger partial charge on any atom is -0.135 e. The highest BCUT2D eigenvalue weighted by molar-refractivity contribution is 7.26. The molecule has 0 spiro atoms. The van der Waals surface area contributed by atoms with Crippen molar-refractivity contribution in [2.75, 3.05) is 0 Å². The van der Waals surface area contributed by atoms with E-state index in [4.69, 9.17) is 0 Å². The third kappa shape index (κ3) is 2.54. The smallest absolute Gasteiger partial charge is 0.135 e. The first-order chi connectivity index (χ1) is 12.8. The fourth-order valence-corrected chi connectivity index (χ4v) is 4.88. The lowest BCUT2D eigenvalue weighted by Crippen LogP contribution is -2.00. The van der Waals surface area contributed by atoms with E-state index >= 15 is 0 Å². The zero-order valence-electron chi connectivity index (χ0n) is 14.6. The Bertz CT molecular complexity index is 1230. The average molecular weight is 348 g/mol. The lowest BCUT2D eigenvalue weighted by Gasteiger charge is -2.07. The molecule has 0 radical (unpaired) electrons. The largest absolute Gasteiger partial charge is 0.139 e. The van der Waals surface area contributed by atoms with Crippen LogP contribution in [0.3, 0.4) is 0 Å². The van der Waals surface area contributed by atoms with Crippen molar-refractivity contribution >= 4 is 44.8 Å². The fraction of sp³-hybridized carbons (Fsp3) is 0. The second kappa shape index (κ2) is 6.15. The number of fused-ring (bicyclic) bond motifs is 3. The van der Waals surface area contributed by atoms with E-state index in [1.54, 1.807) is 0 Å². The van der Waals surface area contributed by atoms with Gasteiger partial charge >= 0.3 is 0 Å². The number of rotatable bonds is 2. The molecule has 0 aliphatic rings. The number of benzene rings is 4. The molecule has 0 aliphatic heterocycles. The minimum absolute atomic E-state index is 1.26. The summed E-state index contributed by atoms with van der Waals surface area (Å²) >= 11 is 1.89. The SMILES string of the molecule is Bc1cccc(-c2ccc(-c3cccc4c3sc3ccccc34)cc2)c1. The van der Waals surface area contributed by atoms with E-state index in [2.05, 4.69) is 98.8 Å². The molecule has 0 fully saturated rings. The maximum atomic E-state index is 2.25. The molecule has 4 aromatic carbocycles. The topological polar surface area (TPSA) is 0 Å². The molecule has 122 valence electrons. The van der Waals surface area contributed by atoms with Crippen molar-refractivity contribution < 1.29 is 0 Å². The molecular weight excluding hydrogens is 331 g/mol. The molecule has 0 unspecified atom stereocenters. The van der Waals surface area contributed by atoms with Gasteiger partial charge in [-0.3, -0.25) is 0 Å². The van der Waals surface area contributed by atoms with Crippen molar-refractivity contribution in [2.24, 2.45) is 0 Å². The van der Waals surface area contributed by atoms with Crippen LogP contribution < -0.4 is 5.46 Å². The Morgan fingerprint density at radius 1 is 0.577 bits per heavy atom. The molecule has 0 saturated heterocycles. The molecule has 1 aromatic heterocycles. The molecule has 1 heterocycles. The highest BCUT2D eigenvalue weighted by atomic mass is 32.1. The fourth-order valence-electron chi connectivity index (χ4n) is 3.64. The molecular formula is C24H17BS. The third-order valence-electron chi connectivity index (χ3n) is 4.95. The van der Waals surface area contributed by atoms with Crippen molar-refractivity contribution in [2.45, 2.75) is 0 Å². The van der Waals surface area contributed by atoms with E-state index in [0.717, 1.165) is 0 Å². The van der Waals surface area contributed by atoms with Crippen LogP contribution >= 0.6 is 11.3 Å². The average Bonchev–Trinajstić information content (AvgIpc) is 3.07. The Hall–Kier alpha value is -2.84. The van der Waals surface area contributed by atoms with E-state index in [1.165, 1.54) is 47.9 Å². The van der Waals surface area contributed by atoms with Crippen molar-refractivity contribution in [3.05, 3.63) is 91.0 Å². The van der Waals surface area contributed by atoms with Crippen molar-refractivity contribution in [1.29, 1.82) is 0 Å². The number of hydrogen-bond acceptors (Lipinski definition) is 1. The minimum atomic E-state index is 1.26. The van der Waals surface area contributed by atoms with Gasteiger partial charge in [-0.1, -0.05) is 90.4 Å². The van der Waals surface area contributed by atoms with Gasteiger partial charge in [-0.25, -0.2) is 0 Å². The summed E-state index contributed by atoms with van der Waals surface area (Å²) in [4.78, 5) is 0. The zero-order chi connectivity index (χ0) is 17.5. The highest BCUT2D eigenvalue weighted by Gasteiger charge is 2.10. The van der Waals surface area contributed by atoms with E-state index in [-0.39, 0.29) is 0 Å². The number of thiophene rings is 1. The molecule has 0 nitrogen and oxygen atoms in total. The standard InChI is InChI=1S/C24H17BS/c25-19-6-3-5-18(15-19)16-11-13-17(14-12-16)20-8-4-9-22-21-7-1-2-10-23(21)26-24(20)22/h1-15H,25H2. The van der Waals surface area contributed by atoms with Crippen molar-refractivity contribution in [3.63, 3.8) is 0 Å². The molecule has 5 rings (SSSR count). The van der Waals surface area contributed by atoms with Gasteiger partial charge in [0.05, 0.1) is 0 Å². The molecule has 2 heteroatoms. The van der Waals surface area contributed by atoms with Gasteiger partial charge < -0.3 is 0 Å². The third-order valence-corrected chi connectivity index (χ3v) is 6.17. The van der Waals surface area contributed by atoms with Gasteiger partial charge in [-0.15, -0.1) is 11.3 Å². The Morgan fingerprint density at radius 2 is 1.31 bits per heavy atom. The molecule has 0 saturated carbocycles. The second-order valence-corrected chi connectivity index (χ2v) is 7.78. The summed E-state index contributed by atoms with van der Waals surface area (Å²) < 4.78 is 2.73. The van der Waals surface area contributed by atoms with Gasteiger partial charge in [0.2, 0.25) is 0 Å². The highest BCUT2D eigenvalue weighted by Crippen LogP contribution is 2.39. The van der Waals surface area contributed by atoms with Gasteiger partial charge in [0.15, 0.2) is 0 Å². The van der Waals surface area contributed by atoms with Gasteiger partial charge in [0, 0.05) is 20.2 Å². The first-order valence-electron chi connectivity index (χ1n) is 8.87. The lowest BCUT2D eigenvalue weighted by molar-refractivity contribution is 1.62. The summed E-state index contributed by atoms with van der Waals surface area (Å²) in [7, 11) is 2.14. The quantitative estimate of drug-likeness (QED) is 0.362. The maximum absolute atomic E-state index is 2.25. The maximum Gasteiger partial charge on any atom is 0.139 e. The summed E-state index contributed by atoms with van der Waals surface area (Å²) in [6, 6.07) is 33.0. The van der Waals surface area contributed by atoms with E-state index in [9.17, 15) is 0 Å². The van der Waals surface area contributed by atoms with Crippen LogP contribution in [0, 0.1) is 0 Å². The van der Waals surface area contributed by atoms with Crippen LogP contribution in [-0.2, 0) is 0 Å². The van der Waals surface area contributed by atoms with Crippen molar-refractivity contribution in [1.82, 2.24) is 0 Å². The predicted octanol–water partition coefficient (Wildman–Crippen LogP) is 5.65. The van der Waals surface area contributed by atoms with Crippen molar-refractivity contribution in [3.8, 4) is 22.3 Å². The van der Waals surface area contributed by atoms with Crippen LogP contribution in [0.2, 0.25) is 0 Å². The first-order valence-corrected chi connectivity index (χ1v) is 9.69.